The Bertz CT molecular complexity index is 544. The number of carbonyl (C=O) groups excluding carboxylic acids is 2. The van der Waals surface area contributed by atoms with Crippen LogP contribution in [0.4, 0.5) is 19.3 Å². The first-order chi connectivity index (χ1) is 9.15. The molecule has 110 valence electrons. The molecule has 1 rings (SSSR count). The predicted octanol–water partition coefficient (Wildman–Crippen LogP) is 2.79. The SMILES string of the molecule is CNC(=O)Oc1cc(C)c(NC(=O)C(F)(F)Cl)cc1C. The minimum atomic E-state index is -3.99. The number of carbonyl (C=O) groups is 2. The number of rotatable bonds is 3. The standard InChI is InChI=1S/C12H13ClF2N2O3/c1-6-5-9(20-11(19)16-3)7(2)4-8(6)17-10(18)12(13,14)15/h4-5H,1-3H3,(H,16,19)(H,17,18). The van der Waals surface area contributed by atoms with Gasteiger partial charge in [-0.2, -0.15) is 8.78 Å². The molecule has 0 fully saturated rings. The molecule has 20 heavy (non-hydrogen) atoms. The van der Waals surface area contributed by atoms with E-state index in [1.165, 1.54) is 19.2 Å². The second-order valence-electron chi connectivity index (χ2n) is 4.02. The second-order valence-corrected chi connectivity index (χ2v) is 4.50. The zero-order valence-electron chi connectivity index (χ0n) is 11.0. The Labute approximate surface area is 119 Å². The van der Waals surface area contributed by atoms with Crippen molar-refractivity contribution in [3.05, 3.63) is 23.3 Å². The van der Waals surface area contributed by atoms with Crippen molar-refractivity contribution in [3.8, 4) is 5.75 Å². The van der Waals surface area contributed by atoms with E-state index < -0.39 is 17.4 Å². The van der Waals surface area contributed by atoms with Gasteiger partial charge in [0.25, 0.3) is 0 Å². The van der Waals surface area contributed by atoms with Crippen molar-refractivity contribution in [1.82, 2.24) is 5.32 Å². The summed E-state index contributed by atoms with van der Waals surface area (Å²) in [6.45, 7) is 3.17. The van der Waals surface area contributed by atoms with Gasteiger partial charge in [0.05, 0.1) is 0 Å². The third kappa shape index (κ3) is 4.06. The number of aryl methyl sites for hydroxylation is 2. The normalized spacial score (nSPS) is 10.9. The Morgan fingerprint density at radius 1 is 1.25 bits per heavy atom. The minimum absolute atomic E-state index is 0.164. The quantitative estimate of drug-likeness (QED) is 0.844. The molecule has 0 saturated carbocycles. The van der Waals surface area contributed by atoms with E-state index in [9.17, 15) is 18.4 Å². The Morgan fingerprint density at radius 2 is 1.85 bits per heavy atom. The maximum atomic E-state index is 12.6. The summed E-state index contributed by atoms with van der Waals surface area (Å²) in [5, 5.41) is 0.299. The minimum Gasteiger partial charge on any atom is -0.410 e. The van der Waals surface area contributed by atoms with Crippen molar-refractivity contribution in [2.75, 3.05) is 12.4 Å². The van der Waals surface area contributed by atoms with Gasteiger partial charge in [0, 0.05) is 12.7 Å². The van der Waals surface area contributed by atoms with Crippen molar-refractivity contribution >= 4 is 29.3 Å². The first kappa shape index (κ1) is 16.2. The van der Waals surface area contributed by atoms with E-state index in [-0.39, 0.29) is 11.4 Å². The fourth-order valence-electron chi connectivity index (χ4n) is 1.38. The van der Waals surface area contributed by atoms with Crippen molar-refractivity contribution in [2.45, 2.75) is 19.2 Å². The molecular weight excluding hydrogens is 294 g/mol. The lowest BCUT2D eigenvalue weighted by atomic mass is 10.1. The van der Waals surface area contributed by atoms with Gasteiger partial charge in [0.15, 0.2) is 0 Å². The highest BCUT2D eigenvalue weighted by atomic mass is 35.5. The number of amides is 2. The number of nitrogens with one attached hydrogen (secondary N) is 2. The molecule has 1 aromatic rings. The fourth-order valence-corrected chi connectivity index (χ4v) is 1.43. The zero-order chi connectivity index (χ0) is 15.5. The Kier molecular flexibility index (Phi) is 4.88. The lowest BCUT2D eigenvalue weighted by Crippen LogP contribution is -2.29. The average molecular weight is 307 g/mol. The van der Waals surface area contributed by atoms with Crippen LogP contribution in [0.1, 0.15) is 11.1 Å². The molecule has 0 aromatic heterocycles. The molecule has 0 aliphatic heterocycles. The summed E-state index contributed by atoms with van der Waals surface area (Å²) in [6.07, 6.45) is -0.656. The number of anilines is 1. The number of hydrogen-bond acceptors (Lipinski definition) is 3. The van der Waals surface area contributed by atoms with Crippen LogP contribution in [0.5, 0.6) is 5.75 Å². The lowest BCUT2D eigenvalue weighted by Gasteiger charge is -2.14. The van der Waals surface area contributed by atoms with E-state index in [0.717, 1.165) is 0 Å². The molecule has 0 radical (unpaired) electrons. The highest BCUT2D eigenvalue weighted by Gasteiger charge is 2.36. The number of alkyl halides is 3. The van der Waals surface area contributed by atoms with E-state index in [1.54, 1.807) is 13.8 Å². The first-order valence-corrected chi connectivity index (χ1v) is 5.92. The van der Waals surface area contributed by atoms with Crippen LogP contribution < -0.4 is 15.4 Å². The molecule has 2 amide bonds. The molecule has 2 N–H and O–H groups in total. The monoisotopic (exact) mass is 306 g/mol. The van der Waals surface area contributed by atoms with Crippen LogP contribution in [0.15, 0.2) is 12.1 Å². The number of benzene rings is 1. The number of ether oxygens (including phenoxy) is 1. The Balaban J connectivity index is 3.00. The summed E-state index contributed by atoms with van der Waals surface area (Å²) in [4.78, 5) is 22.2. The van der Waals surface area contributed by atoms with Crippen LogP contribution in [-0.4, -0.2) is 24.4 Å². The molecule has 0 saturated heterocycles. The third-order valence-electron chi connectivity index (χ3n) is 2.43. The van der Waals surface area contributed by atoms with Gasteiger partial charge in [-0.25, -0.2) is 4.79 Å². The molecule has 0 unspecified atom stereocenters. The molecule has 0 atom stereocenters. The number of hydrogen-bond donors (Lipinski definition) is 2. The second kappa shape index (κ2) is 6.04. The van der Waals surface area contributed by atoms with E-state index in [4.69, 9.17) is 4.74 Å². The summed E-state index contributed by atoms with van der Waals surface area (Å²) in [6, 6.07) is 2.86. The lowest BCUT2D eigenvalue weighted by molar-refractivity contribution is -0.130. The van der Waals surface area contributed by atoms with Gasteiger partial charge in [0.1, 0.15) is 5.75 Å². The van der Waals surface area contributed by atoms with Crippen molar-refractivity contribution in [2.24, 2.45) is 0 Å². The van der Waals surface area contributed by atoms with Gasteiger partial charge in [-0.3, -0.25) is 4.79 Å². The van der Waals surface area contributed by atoms with Crippen molar-refractivity contribution in [3.63, 3.8) is 0 Å². The average Bonchev–Trinajstić information content (AvgIpc) is 2.33. The molecular formula is C12H13ClF2N2O3. The summed E-state index contributed by atoms with van der Waals surface area (Å²) in [7, 11) is 1.40. The Hall–Kier alpha value is -1.89. The maximum Gasteiger partial charge on any atom is 0.412 e. The molecule has 0 spiro atoms. The largest absolute Gasteiger partial charge is 0.412 e. The van der Waals surface area contributed by atoms with Crippen LogP contribution in [-0.2, 0) is 4.79 Å². The third-order valence-corrected chi connectivity index (χ3v) is 2.61. The summed E-state index contributed by atoms with van der Waals surface area (Å²) < 4.78 is 30.2. The highest BCUT2D eigenvalue weighted by molar-refractivity contribution is 6.33. The van der Waals surface area contributed by atoms with Gasteiger partial charge < -0.3 is 15.4 Å². The highest BCUT2D eigenvalue weighted by Crippen LogP contribution is 2.28. The molecule has 0 heterocycles. The molecule has 0 aliphatic rings. The van der Waals surface area contributed by atoms with Crippen LogP contribution >= 0.6 is 11.6 Å². The predicted molar refractivity (Wildman–Crippen MR) is 70.4 cm³/mol. The summed E-state index contributed by atoms with van der Waals surface area (Å²) in [5.41, 5.74) is 1.10. The maximum absolute atomic E-state index is 12.6. The van der Waals surface area contributed by atoms with E-state index >= 15 is 0 Å². The van der Waals surface area contributed by atoms with Gasteiger partial charge in [-0.15, -0.1) is 0 Å². The van der Waals surface area contributed by atoms with Crippen LogP contribution in [0.25, 0.3) is 0 Å². The smallest absolute Gasteiger partial charge is 0.410 e. The van der Waals surface area contributed by atoms with E-state index in [0.29, 0.717) is 11.1 Å². The van der Waals surface area contributed by atoms with Crippen LogP contribution in [0.3, 0.4) is 0 Å². The van der Waals surface area contributed by atoms with Crippen molar-refractivity contribution in [1.29, 1.82) is 0 Å². The van der Waals surface area contributed by atoms with Crippen LogP contribution in [0.2, 0.25) is 0 Å². The molecule has 8 heteroatoms. The molecule has 0 aliphatic carbocycles. The molecule has 1 aromatic carbocycles. The first-order valence-electron chi connectivity index (χ1n) is 5.54. The topological polar surface area (TPSA) is 67.4 Å². The zero-order valence-corrected chi connectivity index (χ0v) is 11.8. The summed E-state index contributed by atoms with van der Waals surface area (Å²) >= 11 is 4.62. The van der Waals surface area contributed by atoms with Gasteiger partial charge in [-0.05, 0) is 48.7 Å². The molecule has 5 nitrogen and oxygen atoms in total. The van der Waals surface area contributed by atoms with Gasteiger partial charge >= 0.3 is 17.4 Å². The van der Waals surface area contributed by atoms with E-state index in [1.807, 2.05) is 5.32 Å². The Morgan fingerprint density at radius 3 is 2.35 bits per heavy atom. The van der Waals surface area contributed by atoms with Gasteiger partial charge in [0.2, 0.25) is 0 Å². The van der Waals surface area contributed by atoms with Gasteiger partial charge in [-0.1, -0.05) is 0 Å². The molecule has 0 bridgehead atoms. The van der Waals surface area contributed by atoms with Crippen molar-refractivity contribution < 1.29 is 23.1 Å². The summed E-state index contributed by atoms with van der Waals surface area (Å²) in [5.74, 6) is -1.36. The fraction of sp³-hybridized carbons (Fsp3) is 0.333. The number of halogens is 3. The van der Waals surface area contributed by atoms with Crippen LogP contribution in [0, 0.1) is 13.8 Å². The van der Waals surface area contributed by atoms with E-state index in [2.05, 4.69) is 16.9 Å².